The molecule has 0 saturated carbocycles. The molecule has 0 aliphatic heterocycles. The minimum atomic E-state index is -1.75. The van der Waals surface area contributed by atoms with Crippen LogP contribution in [0.15, 0.2) is 121 Å². The number of hydrogen-bond donors (Lipinski definition) is 0. The molecule has 14 heteroatoms. The number of carbonyl (C=O) groups excluding carboxylic acids is 2. The fraction of sp³-hybridized carbons (Fsp3) is 0.136. The summed E-state index contributed by atoms with van der Waals surface area (Å²) in [5, 5.41) is 3.72. The van der Waals surface area contributed by atoms with E-state index in [1.54, 1.807) is 86.6 Å². The number of benzene rings is 6. The highest BCUT2D eigenvalue weighted by molar-refractivity contribution is 7.80. The van der Waals surface area contributed by atoms with Crippen LogP contribution in [0.4, 0.5) is 17.6 Å². The van der Waals surface area contributed by atoms with Crippen LogP contribution in [0.5, 0.6) is 11.5 Å². The minimum absolute atomic E-state index is 0.00149. The molecule has 0 aliphatic rings. The Hall–Kier alpha value is -4.98. The van der Waals surface area contributed by atoms with Crippen molar-refractivity contribution in [1.29, 1.82) is 0 Å². The van der Waals surface area contributed by atoms with Crippen molar-refractivity contribution in [3.8, 4) is 22.6 Å². The zero-order chi connectivity index (χ0) is 41.3. The Morgan fingerprint density at radius 1 is 0.466 bits per heavy atom. The molecule has 0 aliphatic carbocycles. The summed E-state index contributed by atoms with van der Waals surface area (Å²) in [4.78, 5) is 25.7. The van der Waals surface area contributed by atoms with E-state index >= 15 is 0 Å². The van der Waals surface area contributed by atoms with Crippen LogP contribution in [0.2, 0.25) is 10.0 Å². The SMILES string of the molecule is CCOC(=O)COc1c(Cl)ccc(P(c2ccc(F)cc2)c2ccc(F)cc2)c1-c1c(P(c2ccc(F)cc2)c2ccc(F)cc2)ccc(Cl)c1OCC(=O)OCC. The monoisotopic (exact) mass is 866 g/mol. The number of esters is 2. The summed E-state index contributed by atoms with van der Waals surface area (Å²) in [7, 11) is -3.49. The van der Waals surface area contributed by atoms with E-state index in [9.17, 15) is 27.2 Å². The predicted molar refractivity (Wildman–Crippen MR) is 223 cm³/mol. The standard InChI is InChI=1S/C44H34Cl2F4O6P2/c1-3-53-39(51)25-55-43-35(45)21-23-37(57(31-13-5-27(47)6-14-31)32-15-7-28(48)8-16-32)41(43)42-38(24-22-36(46)44(42)56-26-40(52)54-4-2)58(33-17-9-29(49)10-18-33)34-19-11-30(50)12-20-34/h5-24H,3-4,25-26H2,1-2H3. The molecule has 0 amide bonds. The van der Waals surface area contributed by atoms with Crippen LogP contribution in [0.1, 0.15) is 13.8 Å². The molecule has 6 aromatic carbocycles. The highest BCUT2D eigenvalue weighted by atomic mass is 35.5. The molecule has 58 heavy (non-hydrogen) atoms. The largest absolute Gasteiger partial charge is 0.480 e. The molecule has 0 atom stereocenters. The lowest BCUT2D eigenvalue weighted by molar-refractivity contribution is -0.146. The fourth-order valence-corrected chi connectivity index (χ4v) is 11.4. The average Bonchev–Trinajstić information content (AvgIpc) is 3.21. The van der Waals surface area contributed by atoms with Crippen LogP contribution in [-0.4, -0.2) is 38.4 Å². The third-order valence-corrected chi connectivity index (χ3v) is 14.1. The molecule has 6 aromatic rings. The van der Waals surface area contributed by atoms with E-state index in [0.29, 0.717) is 31.8 Å². The van der Waals surface area contributed by atoms with Crippen LogP contribution in [0, 0.1) is 23.3 Å². The van der Waals surface area contributed by atoms with Gasteiger partial charge in [0.1, 0.15) is 34.8 Å². The van der Waals surface area contributed by atoms with Gasteiger partial charge in [-0.3, -0.25) is 0 Å². The van der Waals surface area contributed by atoms with Crippen LogP contribution in [-0.2, 0) is 19.1 Å². The number of halogens is 6. The first-order valence-electron chi connectivity index (χ1n) is 17.8. The van der Waals surface area contributed by atoms with E-state index in [0.717, 1.165) is 0 Å². The van der Waals surface area contributed by atoms with E-state index in [-0.39, 0.29) is 45.9 Å². The Morgan fingerprint density at radius 3 is 1.00 bits per heavy atom. The summed E-state index contributed by atoms with van der Waals surface area (Å²) >= 11 is 14.0. The van der Waals surface area contributed by atoms with Gasteiger partial charge >= 0.3 is 11.9 Å². The summed E-state index contributed by atoms with van der Waals surface area (Å²) < 4.78 is 80.9. The number of ether oxygens (including phenoxy) is 4. The Balaban J connectivity index is 1.77. The molecule has 0 unspecified atom stereocenters. The van der Waals surface area contributed by atoms with Crippen LogP contribution < -0.4 is 41.3 Å². The lowest BCUT2D eigenvalue weighted by Gasteiger charge is -2.29. The molecule has 0 saturated heterocycles. The molecular formula is C44H34Cl2F4O6P2. The highest BCUT2D eigenvalue weighted by Crippen LogP contribution is 2.50. The smallest absolute Gasteiger partial charge is 0.344 e. The van der Waals surface area contributed by atoms with Gasteiger partial charge in [0.05, 0.1) is 23.3 Å². The van der Waals surface area contributed by atoms with Crippen LogP contribution in [0.3, 0.4) is 0 Å². The second-order valence-corrected chi connectivity index (χ2v) is 17.5. The Kier molecular flexibility index (Phi) is 14.4. The highest BCUT2D eigenvalue weighted by Gasteiger charge is 2.33. The summed E-state index contributed by atoms with van der Waals surface area (Å²) in [6, 6.07) is 30.0. The summed E-state index contributed by atoms with van der Waals surface area (Å²) in [5.74, 6) is -3.32. The van der Waals surface area contributed by atoms with Gasteiger partial charge in [-0.2, -0.15) is 0 Å². The van der Waals surface area contributed by atoms with E-state index in [2.05, 4.69) is 0 Å². The van der Waals surface area contributed by atoms with Crippen molar-refractivity contribution < 1.29 is 46.1 Å². The van der Waals surface area contributed by atoms with Crippen molar-refractivity contribution in [2.24, 2.45) is 0 Å². The molecule has 0 bridgehead atoms. The second kappa shape index (κ2) is 19.6. The van der Waals surface area contributed by atoms with E-state index < -0.39 is 64.3 Å². The number of rotatable bonds is 15. The van der Waals surface area contributed by atoms with Gasteiger partial charge in [0.2, 0.25) is 0 Å². The Bertz CT molecular complexity index is 2120. The van der Waals surface area contributed by atoms with Gasteiger partial charge < -0.3 is 18.9 Å². The van der Waals surface area contributed by atoms with Crippen LogP contribution >= 0.6 is 39.0 Å². The lowest BCUT2D eigenvalue weighted by Crippen LogP contribution is -2.28. The minimum Gasteiger partial charge on any atom is -0.480 e. The van der Waals surface area contributed by atoms with Crippen molar-refractivity contribution >= 4 is 82.8 Å². The molecular weight excluding hydrogens is 833 g/mol. The third kappa shape index (κ3) is 9.99. The first kappa shape index (κ1) is 42.6. The molecule has 0 spiro atoms. The molecule has 298 valence electrons. The quantitative estimate of drug-likeness (QED) is 0.0586. The van der Waals surface area contributed by atoms with Gasteiger partial charge in [0, 0.05) is 11.1 Å². The van der Waals surface area contributed by atoms with Gasteiger partial charge in [-0.05, 0) is 122 Å². The zero-order valence-electron chi connectivity index (χ0n) is 31.0. The summed E-state index contributed by atoms with van der Waals surface area (Å²) in [5.41, 5.74) is 0.536. The molecule has 0 N–H and O–H groups in total. The van der Waals surface area contributed by atoms with Crippen LogP contribution in [0.25, 0.3) is 11.1 Å². The lowest BCUT2D eigenvalue weighted by atomic mass is 10.0. The average molecular weight is 868 g/mol. The van der Waals surface area contributed by atoms with Gasteiger partial charge in [-0.15, -0.1) is 0 Å². The maximum Gasteiger partial charge on any atom is 0.344 e. The summed E-state index contributed by atoms with van der Waals surface area (Å²) in [6.07, 6.45) is 0. The molecule has 6 nitrogen and oxygen atoms in total. The zero-order valence-corrected chi connectivity index (χ0v) is 34.3. The Morgan fingerprint density at radius 2 is 0.741 bits per heavy atom. The topological polar surface area (TPSA) is 71.1 Å². The van der Waals surface area contributed by atoms with Crippen molar-refractivity contribution in [3.05, 3.63) is 155 Å². The maximum absolute atomic E-state index is 14.5. The fourth-order valence-electron chi connectivity index (χ4n) is 6.11. The number of hydrogen-bond acceptors (Lipinski definition) is 6. The van der Waals surface area contributed by atoms with Gasteiger partial charge in [0.25, 0.3) is 0 Å². The first-order chi connectivity index (χ1) is 28.0. The van der Waals surface area contributed by atoms with E-state index in [1.165, 1.54) is 48.5 Å². The molecule has 0 heterocycles. The van der Waals surface area contributed by atoms with Crippen molar-refractivity contribution in [3.63, 3.8) is 0 Å². The van der Waals surface area contributed by atoms with Crippen molar-refractivity contribution in [2.75, 3.05) is 26.4 Å². The van der Waals surface area contributed by atoms with E-state index in [4.69, 9.17) is 42.1 Å². The molecule has 6 rings (SSSR count). The summed E-state index contributed by atoms with van der Waals surface area (Å²) in [6.45, 7) is 2.30. The first-order valence-corrected chi connectivity index (χ1v) is 21.3. The van der Waals surface area contributed by atoms with Crippen molar-refractivity contribution in [2.45, 2.75) is 13.8 Å². The van der Waals surface area contributed by atoms with Gasteiger partial charge in [0.15, 0.2) is 13.2 Å². The normalized spacial score (nSPS) is 11.1. The van der Waals surface area contributed by atoms with Crippen molar-refractivity contribution in [1.82, 2.24) is 0 Å². The number of carbonyl (C=O) groups is 2. The second-order valence-electron chi connectivity index (χ2n) is 12.3. The molecule has 0 radical (unpaired) electrons. The molecule has 0 aromatic heterocycles. The van der Waals surface area contributed by atoms with Gasteiger partial charge in [-0.25, -0.2) is 27.2 Å². The predicted octanol–water partition coefficient (Wildman–Crippen LogP) is 8.62. The third-order valence-electron chi connectivity index (χ3n) is 8.53. The van der Waals surface area contributed by atoms with Gasteiger partial charge in [-0.1, -0.05) is 83.9 Å². The maximum atomic E-state index is 14.5. The Labute approximate surface area is 345 Å². The molecule has 0 fully saturated rings. The van der Waals surface area contributed by atoms with E-state index in [1.807, 2.05) is 0 Å².